The van der Waals surface area contributed by atoms with Gasteiger partial charge in [0.15, 0.2) is 5.82 Å². The summed E-state index contributed by atoms with van der Waals surface area (Å²) in [6.45, 7) is 0. The van der Waals surface area contributed by atoms with E-state index < -0.39 is 0 Å². The molecule has 2 rings (SSSR count). The molecular formula is C8H12N2O. The Morgan fingerprint density at radius 3 is 2.91 bits per heavy atom. The highest BCUT2D eigenvalue weighted by Crippen LogP contribution is 2.24. The number of nitrogens with zero attached hydrogens (tertiary/aromatic N) is 1. The fourth-order valence-electron chi connectivity index (χ4n) is 1.59. The number of nitrogens with two attached hydrogens (primary N) is 1. The average Bonchev–Trinajstić information content (AvgIpc) is 2.25. The molecule has 0 aliphatic heterocycles. The van der Waals surface area contributed by atoms with E-state index in [0.717, 1.165) is 24.2 Å². The molecule has 0 fully saturated rings. The van der Waals surface area contributed by atoms with Gasteiger partial charge in [0.25, 0.3) is 0 Å². The van der Waals surface area contributed by atoms with Crippen LogP contribution in [0.25, 0.3) is 0 Å². The first-order chi connectivity index (χ1) is 5.38. The zero-order valence-corrected chi connectivity index (χ0v) is 6.47. The minimum Gasteiger partial charge on any atom is -0.381 e. The summed E-state index contributed by atoms with van der Waals surface area (Å²) in [6.07, 6.45) is 5.77. The van der Waals surface area contributed by atoms with Gasteiger partial charge >= 0.3 is 0 Å². The lowest BCUT2D eigenvalue weighted by molar-refractivity contribution is 0.383. The van der Waals surface area contributed by atoms with Crippen molar-refractivity contribution < 1.29 is 4.52 Å². The summed E-state index contributed by atoms with van der Waals surface area (Å²) in [5, 5.41) is 3.74. The second kappa shape index (κ2) is 2.57. The van der Waals surface area contributed by atoms with Gasteiger partial charge in [0.2, 0.25) is 0 Å². The summed E-state index contributed by atoms with van der Waals surface area (Å²) in [5.74, 6) is 1.61. The van der Waals surface area contributed by atoms with Crippen LogP contribution in [0.2, 0.25) is 0 Å². The van der Waals surface area contributed by atoms with Crippen LogP contribution in [0.15, 0.2) is 4.52 Å². The molecule has 0 amide bonds. The molecule has 0 spiro atoms. The maximum Gasteiger partial charge on any atom is 0.170 e. The van der Waals surface area contributed by atoms with Gasteiger partial charge in [-0.1, -0.05) is 11.6 Å². The fraction of sp³-hybridized carbons (Fsp3) is 0.625. The molecule has 1 aromatic rings. The zero-order valence-electron chi connectivity index (χ0n) is 6.47. The summed E-state index contributed by atoms with van der Waals surface area (Å²) in [6, 6.07) is 0. The second-order valence-corrected chi connectivity index (χ2v) is 3.03. The topological polar surface area (TPSA) is 52.0 Å². The molecular weight excluding hydrogens is 140 g/mol. The molecule has 0 radical (unpaired) electrons. The number of rotatable bonds is 0. The Bertz CT molecular complexity index is 255. The van der Waals surface area contributed by atoms with E-state index in [9.17, 15) is 0 Å². The van der Waals surface area contributed by atoms with Gasteiger partial charge in [0.1, 0.15) is 5.76 Å². The molecule has 0 saturated heterocycles. The van der Waals surface area contributed by atoms with E-state index >= 15 is 0 Å². The predicted molar refractivity (Wildman–Crippen MR) is 42.2 cm³/mol. The van der Waals surface area contributed by atoms with Gasteiger partial charge in [0, 0.05) is 12.0 Å². The largest absolute Gasteiger partial charge is 0.381 e. The molecule has 1 aromatic heterocycles. The molecule has 3 heteroatoms. The number of aromatic nitrogens is 1. The molecule has 1 heterocycles. The minimum absolute atomic E-state index is 0.599. The van der Waals surface area contributed by atoms with Crippen molar-refractivity contribution in [3.63, 3.8) is 0 Å². The van der Waals surface area contributed by atoms with Crippen molar-refractivity contribution in [1.82, 2.24) is 5.16 Å². The van der Waals surface area contributed by atoms with Crippen LogP contribution in [0.3, 0.4) is 0 Å². The van der Waals surface area contributed by atoms with Crippen LogP contribution in [-0.2, 0) is 12.8 Å². The molecule has 3 nitrogen and oxygen atoms in total. The highest BCUT2D eigenvalue weighted by molar-refractivity contribution is 5.40. The molecule has 2 N–H and O–H groups in total. The van der Waals surface area contributed by atoms with Crippen LogP contribution in [0.1, 0.15) is 30.6 Å². The second-order valence-electron chi connectivity index (χ2n) is 3.03. The van der Waals surface area contributed by atoms with Crippen molar-refractivity contribution >= 4 is 5.82 Å². The van der Waals surface area contributed by atoms with Crippen molar-refractivity contribution in [3.05, 3.63) is 11.3 Å². The van der Waals surface area contributed by atoms with Gasteiger partial charge in [-0.15, -0.1) is 0 Å². The Morgan fingerprint density at radius 1 is 1.18 bits per heavy atom. The average molecular weight is 152 g/mol. The first-order valence-electron chi connectivity index (χ1n) is 4.11. The smallest absolute Gasteiger partial charge is 0.170 e. The van der Waals surface area contributed by atoms with Gasteiger partial charge in [-0.25, -0.2) is 0 Å². The third-order valence-corrected chi connectivity index (χ3v) is 2.23. The van der Waals surface area contributed by atoms with Crippen molar-refractivity contribution in [2.24, 2.45) is 0 Å². The van der Waals surface area contributed by atoms with Gasteiger partial charge in [-0.3, -0.25) is 0 Å². The van der Waals surface area contributed by atoms with E-state index in [-0.39, 0.29) is 0 Å². The molecule has 0 unspecified atom stereocenters. The van der Waals surface area contributed by atoms with Crippen LogP contribution in [0.4, 0.5) is 5.82 Å². The maximum atomic E-state index is 5.63. The van der Waals surface area contributed by atoms with Crippen molar-refractivity contribution in [2.75, 3.05) is 5.73 Å². The Labute approximate surface area is 65.6 Å². The van der Waals surface area contributed by atoms with E-state index in [1.54, 1.807) is 0 Å². The van der Waals surface area contributed by atoms with Gasteiger partial charge in [-0.05, 0) is 19.3 Å². The first-order valence-corrected chi connectivity index (χ1v) is 4.11. The predicted octanol–water partition coefficient (Wildman–Crippen LogP) is 1.53. The van der Waals surface area contributed by atoms with Crippen molar-refractivity contribution in [1.29, 1.82) is 0 Å². The number of nitrogen functional groups attached to an aromatic ring is 1. The normalized spacial score (nSPS) is 17.5. The van der Waals surface area contributed by atoms with Gasteiger partial charge in [-0.2, -0.15) is 0 Å². The molecule has 1 aliphatic carbocycles. The van der Waals surface area contributed by atoms with E-state index in [0.29, 0.717) is 5.82 Å². The number of hydrogen-bond donors (Lipinski definition) is 1. The summed E-state index contributed by atoms with van der Waals surface area (Å²) in [7, 11) is 0. The molecule has 11 heavy (non-hydrogen) atoms. The van der Waals surface area contributed by atoms with Gasteiger partial charge in [0.05, 0.1) is 0 Å². The SMILES string of the molecule is Nc1noc2c1CCCCC2. The van der Waals surface area contributed by atoms with Crippen LogP contribution in [0.5, 0.6) is 0 Å². The molecule has 1 aliphatic rings. The Morgan fingerprint density at radius 2 is 2.00 bits per heavy atom. The highest BCUT2D eigenvalue weighted by atomic mass is 16.5. The Hall–Kier alpha value is -0.990. The fourth-order valence-corrected chi connectivity index (χ4v) is 1.59. The Kier molecular flexibility index (Phi) is 1.56. The zero-order chi connectivity index (χ0) is 7.68. The number of anilines is 1. The van der Waals surface area contributed by atoms with Gasteiger partial charge < -0.3 is 10.3 Å². The molecule has 0 atom stereocenters. The van der Waals surface area contributed by atoms with E-state index in [1.165, 1.54) is 19.3 Å². The summed E-state index contributed by atoms with van der Waals surface area (Å²) >= 11 is 0. The lowest BCUT2D eigenvalue weighted by Gasteiger charge is -1.92. The first kappa shape index (κ1) is 6.70. The third kappa shape index (κ3) is 1.11. The Balaban J connectivity index is 2.35. The lowest BCUT2D eigenvalue weighted by Crippen LogP contribution is -1.92. The molecule has 0 aromatic carbocycles. The van der Waals surface area contributed by atoms with Crippen LogP contribution < -0.4 is 5.73 Å². The third-order valence-electron chi connectivity index (χ3n) is 2.23. The molecule has 60 valence electrons. The lowest BCUT2D eigenvalue weighted by atomic mass is 10.1. The standard InChI is InChI=1S/C8H12N2O/c9-8-6-4-2-1-3-5-7(6)11-10-8/h1-5H2,(H2,9,10). The van der Waals surface area contributed by atoms with E-state index in [2.05, 4.69) is 5.16 Å². The van der Waals surface area contributed by atoms with E-state index in [4.69, 9.17) is 10.3 Å². The summed E-state index contributed by atoms with van der Waals surface area (Å²) < 4.78 is 5.09. The van der Waals surface area contributed by atoms with Crippen LogP contribution in [0, 0.1) is 0 Å². The van der Waals surface area contributed by atoms with Crippen LogP contribution >= 0.6 is 0 Å². The highest BCUT2D eigenvalue weighted by Gasteiger charge is 2.15. The number of fused-ring (bicyclic) bond motifs is 1. The number of aryl methyl sites for hydroxylation is 1. The van der Waals surface area contributed by atoms with Crippen molar-refractivity contribution in [3.8, 4) is 0 Å². The molecule has 0 bridgehead atoms. The monoisotopic (exact) mass is 152 g/mol. The maximum absolute atomic E-state index is 5.63. The quantitative estimate of drug-likeness (QED) is 0.573. The minimum atomic E-state index is 0.599. The summed E-state index contributed by atoms with van der Waals surface area (Å²) in [5.41, 5.74) is 6.78. The molecule has 0 saturated carbocycles. The number of hydrogen-bond acceptors (Lipinski definition) is 3. The van der Waals surface area contributed by atoms with Crippen molar-refractivity contribution in [2.45, 2.75) is 32.1 Å². The summed E-state index contributed by atoms with van der Waals surface area (Å²) in [4.78, 5) is 0. The van der Waals surface area contributed by atoms with E-state index in [1.807, 2.05) is 0 Å². The van der Waals surface area contributed by atoms with Crippen LogP contribution in [-0.4, -0.2) is 5.16 Å².